The van der Waals surface area contributed by atoms with Crippen LogP contribution in [-0.2, 0) is 4.79 Å². The summed E-state index contributed by atoms with van der Waals surface area (Å²) >= 11 is 12.3. The van der Waals surface area contributed by atoms with Crippen molar-refractivity contribution in [1.82, 2.24) is 4.98 Å². The van der Waals surface area contributed by atoms with Crippen molar-refractivity contribution < 1.29 is 9.21 Å². The molecule has 0 aliphatic carbocycles. The van der Waals surface area contributed by atoms with Gasteiger partial charge in [-0.1, -0.05) is 35.3 Å². The zero-order chi connectivity index (χ0) is 19.5. The Morgan fingerprint density at radius 2 is 1.86 bits per heavy atom. The molecule has 0 unspecified atom stereocenters. The third-order valence-corrected chi connectivity index (χ3v) is 4.97. The number of hydrogen-bond donors (Lipinski definition) is 1. The number of nitrogens with one attached hydrogen (secondary N) is 1. The molecule has 1 N–H and O–H groups in total. The molecule has 0 fully saturated rings. The predicted molar refractivity (Wildman–Crippen MR) is 114 cm³/mol. The van der Waals surface area contributed by atoms with E-state index in [9.17, 15) is 4.79 Å². The highest BCUT2D eigenvalue weighted by Gasteiger charge is 2.10. The first-order valence-electron chi connectivity index (χ1n) is 8.49. The van der Waals surface area contributed by atoms with E-state index in [1.165, 1.54) is 6.08 Å². The van der Waals surface area contributed by atoms with Gasteiger partial charge in [0, 0.05) is 23.2 Å². The molecular formula is C22H14Cl2N2O2. The Hall–Kier alpha value is -3.08. The van der Waals surface area contributed by atoms with Gasteiger partial charge in [0.1, 0.15) is 11.5 Å². The molecule has 138 valence electrons. The molecule has 0 aliphatic heterocycles. The second-order valence-corrected chi connectivity index (χ2v) is 6.79. The van der Waals surface area contributed by atoms with E-state index in [1.807, 2.05) is 36.4 Å². The van der Waals surface area contributed by atoms with E-state index in [-0.39, 0.29) is 5.91 Å². The lowest BCUT2D eigenvalue weighted by molar-refractivity contribution is -0.111. The summed E-state index contributed by atoms with van der Waals surface area (Å²) in [6.07, 6.45) is 4.73. The number of rotatable bonds is 4. The zero-order valence-corrected chi connectivity index (χ0v) is 16.0. The molecule has 0 radical (unpaired) electrons. The van der Waals surface area contributed by atoms with Crippen molar-refractivity contribution in [1.29, 1.82) is 0 Å². The summed E-state index contributed by atoms with van der Waals surface area (Å²) in [5, 5.41) is 4.62. The van der Waals surface area contributed by atoms with Gasteiger partial charge < -0.3 is 9.73 Å². The van der Waals surface area contributed by atoms with Crippen molar-refractivity contribution in [2.75, 3.05) is 5.32 Å². The SMILES string of the molecule is O=C(C=Cc1ccc(-c2cccc(Cl)c2Cl)o1)Nc1cccc2ncccc12. The number of nitrogens with zero attached hydrogens (tertiary/aromatic N) is 1. The van der Waals surface area contributed by atoms with E-state index in [0.717, 1.165) is 10.9 Å². The van der Waals surface area contributed by atoms with Gasteiger partial charge in [-0.2, -0.15) is 0 Å². The van der Waals surface area contributed by atoms with Crippen LogP contribution in [0.2, 0.25) is 10.0 Å². The first-order chi connectivity index (χ1) is 13.6. The second kappa shape index (κ2) is 7.89. The maximum absolute atomic E-state index is 12.3. The van der Waals surface area contributed by atoms with Crippen LogP contribution in [0.15, 0.2) is 77.4 Å². The molecule has 0 bridgehead atoms. The minimum atomic E-state index is -0.268. The van der Waals surface area contributed by atoms with Crippen molar-refractivity contribution >= 4 is 51.8 Å². The summed E-state index contributed by atoms with van der Waals surface area (Å²) < 4.78 is 5.76. The number of aromatic nitrogens is 1. The third-order valence-electron chi connectivity index (χ3n) is 4.15. The first kappa shape index (κ1) is 18.3. The molecule has 2 aromatic carbocycles. The fourth-order valence-electron chi connectivity index (χ4n) is 2.83. The van der Waals surface area contributed by atoms with Crippen LogP contribution in [-0.4, -0.2) is 10.9 Å². The molecule has 1 amide bonds. The number of pyridine rings is 1. The van der Waals surface area contributed by atoms with E-state index >= 15 is 0 Å². The molecule has 0 saturated heterocycles. The average molecular weight is 409 g/mol. The fourth-order valence-corrected chi connectivity index (χ4v) is 3.22. The highest BCUT2D eigenvalue weighted by Crippen LogP contribution is 2.34. The van der Waals surface area contributed by atoms with Crippen molar-refractivity contribution in [3.63, 3.8) is 0 Å². The van der Waals surface area contributed by atoms with E-state index in [2.05, 4.69) is 10.3 Å². The molecule has 0 atom stereocenters. The van der Waals surface area contributed by atoms with E-state index in [0.29, 0.717) is 32.8 Å². The standard InChI is InChI=1S/C22H14Cl2N2O2/c23-17-6-1-4-16(22(17)24)20-11-9-14(28-20)10-12-21(27)26-19-8-2-7-18-15(19)5-3-13-25-18/h1-13H,(H,26,27). The molecule has 6 heteroatoms. The largest absolute Gasteiger partial charge is 0.457 e. The van der Waals surface area contributed by atoms with Crippen LogP contribution in [0.25, 0.3) is 28.3 Å². The molecule has 0 saturated carbocycles. The van der Waals surface area contributed by atoms with Crippen molar-refractivity contribution in [2.45, 2.75) is 0 Å². The summed E-state index contributed by atoms with van der Waals surface area (Å²) in [5.41, 5.74) is 2.21. The van der Waals surface area contributed by atoms with Crippen LogP contribution in [0, 0.1) is 0 Å². The average Bonchev–Trinajstić information content (AvgIpc) is 3.18. The quantitative estimate of drug-likeness (QED) is 0.394. The fraction of sp³-hybridized carbons (Fsp3) is 0. The highest BCUT2D eigenvalue weighted by atomic mass is 35.5. The molecule has 2 heterocycles. The maximum Gasteiger partial charge on any atom is 0.248 e. The Labute approximate surface area is 171 Å². The molecule has 4 aromatic rings. The summed E-state index contributed by atoms with van der Waals surface area (Å²) in [7, 11) is 0. The van der Waals surface area contributed by atoms with Crippen LogP contribution in [0.4, 0.5) is 5.69 Å². The minimum absolute atomic E-state index is 0.268. The van der Waals surface area contributed by atoms with Gasteiger partial charge in [0.25, 0.3) is 0 Å². The lowest BCUT2D eigenvalue weighted by atomic mass is 10.2. The van der Waals surface area contributed by atoms with Gasteiger partial charge in [-0.15, -0.1) is 0 Å². The number of carbonyl (C=O) groups is 1. The number of furan rings is 1. The van der Waals surface area contributed by atoms with Gasteiger partial charge in [-0.3, -0.25) is 9.78 Å². The van der Waals surface area contributed by atoms with Crippen molar-refractivity contribution in [2.24, 2.45) is 0 Å². The van der Waals surface area contributed by atoms with Gasteiger partial charge >= 0.3 is 0 Å². The topological polar surface area (TPSA) is 55.1 Å². The Morgan fingerprint density at radius 3 is 2.75 bits per heavy atom. The molecule has 2 aromatic heterocycles. The lowest BCUT2D eigenvalue weighted by Crippen LogP contribution is -2.08. The minimum Gasteiger partial charge on any atom is -0.457 e. The second-order valence-electron chi connectivity index (χ2n) is 6.00. The monoisotopic (exact) mass is 408 g/mol. The normalized spacial score (nSPS) is 11.2. The number of carbonyl (C=O) groups excluding carboxylic acids is 1. The Kier molecular flexibility index (Phi) is 5.15. The summed E-state index contributed by atoms with van der Waals surface area (Å²) in [4.78, 5) is 16.6. The number of benzene rings is 2. The van der Waals surface area contributed by atoms with Gasteiger partial charge in [0.05, 0.1) is 21.2 Å². The van der Waals surface area contributed by atoms with E-state index < -0.39 is 0 Å². The maximum atomic E-state index is 12.3. The van der Waals surface area contributed by atoms with Gasteiger partial charge in [0.15, 0.2) is 0 Å². The number of hydrogen-bond acceptors (Lipinski definition) is 3. The third kappa shape index (κ3) is 3.79. The van der Waals surface area contributed by atoms with Crippen LogP contribution < -0.4 is 5.32 Å². The van der Waals surface area contributed by atoms with Crippen LogP contribution >= 0.6 is 23.2 Å². The van der Waals surface area contributed by atoms with Crippen LogP contribution in [0.1, 0.15) is 5.76 Å². The zero-order valence-electron chi connectivity index (χ0n) is 14.5. The van der Waals surface area contributed by atoms with E-state index in [4.69, 9.17) is 27.6 Å². The van der Waals surface area contributed by atoms with Crippen LogP contribution in [0.3, 0.4) is 0 Å². The van der Waals surface area contributed by atoms with Crippen LogP contribution in [0.5, 0.6) is 0 Å². The first-order valence-corrected chi connectivity index (χ1v) is 9.24. The van der Waals surface area contributed by atoms with Crippen molar-refractivity contribution in [3.05, 3.63) is 88.7 Å². The Morgan fingerprint density at radius 1 is 1.00 bits per heavy atom. The molecule has 28 heavy (non-hydrogen) atoms. The van der Waals surface area contributed by atoms with Gasteiger partial charge in [0.2, 0.25) is 5.91 Å². The predicted octanol–water partition coefficient (Wildman–Crippen LogP) is 6.45. The lowest BCUT2D eigenvalue weighted by Gasteiger charge is -2.05. The Balaban J connectivity index is 1.51. The highest BCUT2D eigenvalue weighted by molar-refractivity contribution is 6.43. The molecule has 0 spiro atoms. The number of fused-ring (bicyclic) bond motifs is 1. The molecule has 4 rings (SSSR count). The number of anilines is 1. The smallest absolute Gasteiger partial charge is 0.248 e. The summed E-state index contributed by atoms with van der Waals surface area (Å²) in [5.74, 6) is 0.837. The Bertz CT molecular complexity index is 1190. The van der Waals surface area contributed by atoms with Gasteiger partial charge in [-0.05, 0) is 54.6 Å². The number of halogens is 2. The van der Waals surface area contributed by atoms with Gasteiger partial charge in [-0.25, -0.2) is 0 Å². The molecule has 0 aliphatic rings. The number of amides is 1. The summed E-state index contributed by atoms with van der Waals surface area (Å²) in [6.45, 7) is 0. The summed E-state index contributed by atoms with van der Waals surface area (Å²) in [6, 6.07) is 18.2. The van der Waals surface area contributed by atoms with E-state index in [1.54, 1.807) is 36.5 Å². The molecule has 4 nitrogen and oxygen atoms in total. The van der Waals surface area contributed by atoms with Crippen molar-refractivity contribution in [3.8, 4) is 11.3 Å². The molecular weight excluding hydrogens is 395 g/mol.